The number of rotatable bonds is 9. The van der Waals surface area contributed by atoms with Crippen LogP contribution < -0.4 is 22.7 Å². The lowest BCUT2D eigenvalue weighted by molar-refractivity contribution is 0.278. The van der Waals surface area contributed by atoms with E-state index in [9.17, 15) is 0 Å². The fourth-order valence-corrected chi connectivity index (χ4v) is 2.56. The third-order valence-corrected chi connectivity index (χ3v) is 4.22. The van der Waals surface area contributed by atoms with Crippen LogP contribution in [0.1, 0.15) is 11.1 Å². The summed E-state index contributed by atoms with van der Waals surface area (Å²) in [6.45, 7) is 0.775. The van der Waals surface area contributed by atoms with Crippen LogP contribution in [-0.4, -0.2) is 35.8 Å². The molecule has 0 fully saturated rings. The van der Waals surface area contributed by atoms with Gasteiger partial charge in [0.25, 0.3) is 0 Å². The van der Waals surface area contributed by atoms with Gasteiger partial charge in [0.15, 0.2) is 5.88 Å². The van der Waals surface area contributed by atoms with Crippen molar-refractivity contribution in [3.63, 3.8) is 0 Å². The van der Waals surface area contributed by atoms with Gasteiger partial charge in [0.1, 0.15) is 30.5 Å². The van der Waals surface area contributed by atoms with Crippen LogP contribution in [0.15, 0.2) is 60.7 Å². The van der Waals surface area contributed by atoms with Crippen molar-refractivity contribution in [2.24, 2.45) is 0 Å². The first-order valence-electron chi connectivity index (χ1n) is 8.60. The third kappa shape index (κ3) is 5.56. The minimum absolute atomic E-state index is 0.370. The first-order valence-corrected chi connectivity index (χ1v) is 9.07. The predicted octanol–water partition coefficient (Wildman–Crippen LogP) is 3.72. The summed E-state index contributed by atoms with van der Waals surface area (Å²) in [7, 11) is 3.28. The van der Waals surface area contributed by atoms with Crippen LogP contribution in [0.4, 0.5) is 0 Å². The molecule has 0 N–H and O–H groups in total. The number of benzene rings is 2. The first-order chi connectivity index (χ1) is 13.7. The third-order valence-electron chi connectivity index (χ3n) is 3.98. The van der Waals surface area contributed by atoms with Crippen LogP contribution in [0.25, 0.3) is 0 Å². The molecule has 0 spiro atoms. The molecule has 28 heavy (non-hydrogen) atoms. The molecular weight excluding hydrogens is 373 g/mol. The molecule has 142 valence electrons. The number of methoxy groups -OCH3 is 2. The van der Waals surface area contributed by atoms with Gasteiger partial charge in [-0.1, -0.05) is 24.3 Å². The fraction of sp³-hybridized carbons (Fsp3) is 0.190. The molecule has 0 saturated carbocycles. The summed E-state index contributed by atoms with van der Waals surface area (Å²) in [5, 5.41) is 0. The largest absolute Gasteiger partial charge is 0.640 e. The van der Waals surface area contributed by atoms with Gasteiger partial charge in [-0.3, -0.25) is 0 Å². The Labute approximate surface area is 172 Å². The normalized spacial score (nSPS) is 10.2. The molecule has 1 heterocycles. The van der Waals surface area contributed by atoms with Gasteiger partial charge >= 0.3 is 16.6 Å². The molecule has 1 aromatic heterocycles. The van der Waals surface area contributed by atoms with E-state index in [1.165, 1.54) is 0 Å². The van der Waals surface area contributed by atoms with Crippen molar-refractivity contribution in [1.29, 1.82) is 0 Å². The van der Waals surface area contributed by atoms with Gasteiger partial charge in [-0.2, -0.15) is 4.98 Å². The summed E-state index contributed by atoms with van der Waals surface area (Å²) in [5.74, 6) is 3.02. The number of hydrogen-bond donors (Lipinski definition) is 0. The molecule has 0 atom stereocenters. The fourth-order valence-electron chi connectivity index (χ4n) is 2.44. The van der Waals surface area contributed by atoms with Crippen LogP contribution in [0.3, 0.4) is 0 Å². The molecule has 2 radical (unpaired) electrons. The molecular formula is C21H20AlNO5. The van der Waals surface area contributed by atoms with E-state index in [2.05, 4.69) is 21.6 Å². The number of pyridine rings is 1. The summed E-state index contributed by atoms with van der Waals surface area (Å²) in [5.41, 5.74) is 2.02. The number of aromatic nitrogens is 1. The lowest BCUT2D eigenvalue weighted by atomic mass is 10.2. The zero-order valence-corrected chi connectivity index (χ0v) is 16.9. The van der Waals surface area contributed by atoms with E-state index < -0.39 is 0 Å². The molecule has 3 aromatic rings. The SMILES string of the molecule is COc1ccc(COc2cc([O][Al])nc(OCc3ccc(OC)cc3)c2)cc1. The smallest absolute Gasteiger partial charge is 0.483 e. The average molecular weight is 393 g/mol. The number of nitrogens with zero attached hydrogens (tertiary/aromatic N) is 1. The van der Waals surface area contributed by atoms with Crippen LogP contribution in [0.5, 0.6) is 29.0 Å². The highest BCUT2D eigenvalue weighted by Gasteiger charge is 2.06. The molecule has 0 saturated heterocycles. The second-order valence-electron chi connectivity index (χ2n) is 5.87. The van der Waals surface area contributed by atoms with E-state index in [0.717, 1.165) is 22.6 Å². The predicted molar refractivity (Wildman–Crippen MR) is 105 cm³/mol. The minimum Gasteiger partial charge on any atom is -0.640 e. The molecule has 0 unspecified atom stereocenters. The molecule has 2 aromatic carbocycles. The molecule has 7 heteroatoms. The van der Waals surface area contributed by atoms with E-state index in [4.69, 9.17) is 22.7 Å². The zero-order valence-electron chi connectivity index (χ0n) is 15.8. The average Bonchev–Trinajstić information content (AvgIpc) is 2.76. The van der Waals surface area contributed by atoms with Crippen molar-refractivity contribution in [2.75, 3.05) is 14.2 Å². The molecule has 0 bridgehead atoms. The van der Waals surface area contributed by atoms with Gasteiger partial charge in [-0.15, -0.1) is 0 Å². The van der Waals surface area contributed by atoms with Crippen molar-refractivity contribution in [3.05, 3.63) is 71.8 Å². The van der Waals surface area contributed by atoms with E-state index >= 15 is 0 Å². The monoisotopic (exact) mass is 393 g/mol. The van der Waals surface area contributed by atoms with Crippen LogP contribution in [0, 0.1) is 0 Å². The van der Waals surface area contributed by atoms with E-state index in [1.54, 1.807) is 26.4 Å². The van der Waals surface area contributed by atoms with Crippen LogP contribution in [-0.2, 0) is 13.2 Å². The Balaban J connectivity index is 1.64. The van der Waals surface area contributed by atoms with Crippen LogP contribution in [0.2, 0.25) is 0 Å². The quantitative estimate of drug-likeness (QED) is 0.517. The van der Waals surface area contributed by atoms with Crippen molar-refractivity contribution >= 4 is 16.6 Å². The Hall–Kier alpha value is -2.88. The lowest BCUT2D eigenvalue weighted by Gasteiger charge is -2.12. The summed E-state index contributed by atoms with van der Waals surface area (Å²) in [4.78, 5) is 4.29. The van der Waals surface area contributed by atoms with Gasteiger partial charge in [0, 0.05) is 12.1 Å². The standard InChI is InChI=1S/C21H21NO5.Al/c1-24-17-7-3-15(4-8-17)13-26-19-11-20(23)22-21(12-19)27-14-16-5-9-18(25-2)10-6-16;/h3-12H,13-14H2,1-2H3,(H,22,23);/q;+1/p-1. The Morgan fingerprint density at radius 2 is 1.18 bits per heavy atom. The molecule has 0 aliphatic carbocycles. The van der Waals surface area contributed by atoms with Gasteiger partial charge < -0.3 is 22.7 Å². The highest BCUT2D eigenvalue weighted by atomic mass is 27.1. The minimum atomic E-state index is 0.370. The van der Waals surface area contributed by atoms with Gasteiger partial charge in [-0.05, 0) is 35.4 Å². The van der Waals surface area contributed by atoms with E-state index in [1.807, 2.05) is 48.5 Å². The Bertz CT molecular complexity index is 815. The van der Waals surface area contributed by atoms with Gasteiger partial charge in [-0.25, -0.2) is 0 Å². The molecule has 0 aliphatic rings. The topological polar surface area (TPSA) is 59.0 Å². The Kier molecular flexibility index (Phi) is 7.01. The summed E-state index contributed by atoms with van der Waals surface area (Å²) in [6, 6.07) is 18.8. The maximum atomic E-state index is 5.86. The van der Waals surface area contributed by atoms with Gasteiger partial charge in [0.05, 0.1) is 14.2 Å². The van der Waals surface area contributed by atoms with E-state index in [-0.39, 0.29) is 0 Å². The summed E-state index contributed by atoms with van der Waals surface area (Å²) >= 11 is 2.18. The zero-order chi connectivity index (χ0) is 19.8. The van der Waals surface area contributed by atoms with Crippen molar-refractivity contribution in [1.82, 2.24) is 4.98 Å². The Morgan fingerprint density at radius 3 is 1.68 bits per heavy atom. The first kappa shape index (κ1) is 19.9. The van der Waals surface area contributed by atoms with Crippen molar-refractivity contribution in [3.8, 4) is 29.0 Å². The molecule has 6 nitrogen and oxygen atoms in total. The number of ether oxygens (including phenoxy) is 4. The lowest BCUT2D eigenvalue weighted by Crippen LogP contribution is -2.01. The second-order valence-corrected chi connectivity index (χ2v) is 6.11. The highest BCUT2D eigenvalue weighted by molar-refractivity contribution is 5.99. The molecule has 0 aliphatic heterocycles. The molecule has 3 rings (SSSR count). The maximum Gasteiger partial charge on any atom is 0.483 e. The number of hydrogen-bond acceptors (Lipinski definition) is 6. The summed E-state index contributed by atoms with van der Waals surface area (Å²) in [6.07, 6.45) is 0. The molecule has 0 amide bonds. The Morgan fingerprint density at radius 1 is 0.679 bits per heavy atom. The van der Waals surface area contributed by atoms with Crippen molar-refractivity contribution in [2.45, 2.75) is 13.2 Å². The highest BCUT2D eigenvalue weighted by Crippen LogP contribution is 2.25. The summed E-state index contributed by atoms with van der Waals surface area (Å²) < 4.78 is 27.2. The van der Waals surface area contributed by atoms with Gasteiger partial charge in [0.2, 0.25) is 5.88 Å². The maximum absolute atomic E-state index is 5.86. The van der Waals surface area contributed by atoms with Crippen molar-refractivity contribution < 1.29 is 22.7 Å². The van der Waals surface area contributed by atoms with Crippen LogP contribution >= 0.6 is 0 Å². The second kappa shape index (κ2) is 9.88. The van der Waals surface area contributed by atoms with E-state index in [0.29, 0.717) is 30.7 Å².